The Labute approximate surface area is 96.2 Å². The van der Waals surface area contributed by atoms with Crippen LogP contribution in [-0.2, 0) is 9.53 Å². The van der Waals surface area contributed by atoms with Gasteiger partial charge >= 0.3 is 0 Å². The molecule has 4 heteroatoms. The zero-order chi connectivity index (χ0) is 9.97. The number of amides is 1. The second-order valence-electron chi connectivity index (χ2n) is 3.05. The summed E-state index contributed by atoms with van der Waals surface area (Å²) in [5.41, 5.74) is 0.987. The Morgan fingerprint density at radius 3 is 2.86 bits per heavy atom. The van der Waals surface area contributed by atoms with Gasteiger partial charge in [0, 0.05) is 10.1 Å². The molecular weight excluding hydrogens is 293 g/mol. The van der Waals surface area contributed by atoms with Gasteiger partial charge in [0.05, 0.1) is 12.3 Å². The zero-order valence-corrected chi connectivity index (χ0v) is 9.73. The van der Waals surface area contributed by atoms with Crippen molar-refractivity contribution in [3.63, 3.8) is 0 Å². The van der Waals surface area contributed by atoms with Crippen LogP contribution in [0.5, 0.6) is 0 Å². The SMILES string of the molecule is O=C1COCCN1c1ccccc1I. The third-order valence-electron chi connectivity index (χ3n) is 2.13. The fraction of sp³-hybridized carbons (Fsp3) is 0.300. The molecule has 0 radical (unpaired) electrons. The topological polar surface area (TPSA) is 29.5 Å². The van der Waals surface area contributed by atoms with E-state index in [4.69, 9.17) is 4.74 Å². The first kappa shape index (κ1) is 9.92. The highest BCUT2D eigenvalue weighted by molar-refractivity contribution is 14.1. The minimum absolute atomic E-state index is 0.0420. The molecule has 0 saturated carbocycles. The van der Waals surface area contributed by atoms with Crippen molar-refractivity contribution < 1.29 is 9.53 Å². The minimum atomic E-state index is 0.0420. The van der Waals surface area contributed by atoms with Gasteiger partial charge in [-0.2, -0.15) is 0 Å². The van der Waals surface area contributed by atoms with Crippen molar-refractivity contribution in [3.05, 3.63) is 27.8 Å². The highest BCUT2D eigenvalue weighted by atomic mass is 127. The van der Waals surface area contributed by atoms with Crippen LogP contribution in [0.25, 0.3) is 0 Å². The van der Waals surface area contributed by atoms with Gasteiger partial charge in [-0.15, -0.1) is 0 Å². The Hall–Kier alpha value is -0.620. The summed E-state index contributed by atoms with van der Waals surface area (Å²) in [6.45, 7) is 1.47. The second kappa shape index (κ2) is 4.27. The van der Waals surface area contributed by atoms with Crippen LogP contribution in [0.1, 0.15) is 0 Å². The predicted molar refractivity (Wildman–Crippen MR) is 62.3 cm³/mol. The number of carbonyl (C=O) groups excluding carboxylic acids is 1. The minimum Gasteiger partial charge on any atom is -0.370 e. The molecular formula is C10H10INO2. The molecule has 2 rings (SSSR count). The molecule has 1 saturated heterocycles. The number of para-hydroxylation sites is 1. The molecule has 0 atom stereocenters. The van der Waals surface area contributed by atoms with E-state index in [9.17, 15) is 4.79 Å². The standard InChI is InChI=1S/C10H10INO2/c11-8-3-1-2-4-9(8)12-5-6-14-7-10(12)13/h1-4H,5-7H2. The maximum absolute atomic E-state index is 11.5. The van der Waals surface area contributed by atoms with Crippen molar-refractivity contribution in [2.24, 2.45) is 0 Å². The summed E-state index contributed by atoms with van der Waals surface area (Å²) in [6, 6.07) is 7.88. The van der Waals surface area contributed by atoms with Gasteiger partial charge < -0.3 is 9.64 Å². The predicted octanol–water partition coefficient (Wildman–Crippen LogP) is 1.65. The fourth-order valence-electron chi connectivity index (χ4n) is 1.44. The van der Waals surface area contributed by atoms with Gasteiger partial charge in [-0.1, -0.05) is 12.1 Å². The van der Waals surface area contributed by atoms with Gasteiger partial charge in [-0.3, -0.25) is 4.79 Å². The smallest absolute Gasteiger partial charge is 0.253 e. The molecule has 14 heavy (non-hydrogen) atoms. The van der Waals surface area contributed by atoms with Crippen LogP contribution in [0.15, 0.2) is 24.3 Å². The number of hydrogen-bond donors (Lipinski definition) is 0. The molecule has 0 spiro atoms. The number of morpholine rings is 1. The van der Waals surface area contributed by atoms with E-state index >= 15 is 0 Å². The van der Waals surface area contributed by atoms with E-state index < -0.39 is 0 Å². The highest BCUT2D eigenvalue weighted by Crippen LogP contribution is 2.23. The number of carbonyl (C=O) groups is 1. The molecule has 74 valence electrons. The normalized spacial score (nSPS) is 17.2. The molecule has 1 fully saturated rings. The van der Waals surface area contributed by atoms with Crippen LogP contribution < -0.4 is 4.90 Å². The van der Waals surface area contributed by atoms with Crippen LogP contribution in [0, 0.1) is 3.57 Å². The van der Waals surface area contributed by atoms with E-state index in [1.165, 1.54) is 0 Å². The molecule has 1 amide bonds. The molecule has 3 nitrogen and oxygen atoms in total. The molecule has 0 bridgehead atoms. The molecule has 0 unspecified atom stereocenters. The van der Waals surface area contributed by atoms with Crippen molar-refractivity contribution in [2.45, 2.75) is 0 Å². The van der Waals surface area contributed by atoms with Gasteiger partial charge in [0.1, 0.15) is 6.61 Å². The van der Waals surface area contributed by atoms with E-state index in [1.54, 1.807) is 4.90 Å². The van der Waals surface area contributed by atoms with Crippen LogP contribution in [0.4, 0.5) is 5.69 Å². The lowest BCUT2D eigenvalue weighted by atomic mass is 10.2. The summed E-state index contributed by atoms with van der Waals surface area (Å²) < 4.78 is 6.18. The van der Waals surface area contributed by atoms with Gasteiger partial charge in [0.25, 0.3) is 5.91 Å². The van der Waals surface area contributed by atoms with Crippen LogP contribution in [-0.4, -0.2) is 25.7 Å². The van der Waals surface area contributed by atoms with Crippen LogP contribution >= 0.6 is 22.6 Å². The fourth-order valence-corrected chi connectivity index (χ4v) is 2.12. The molecule has 0 aromatic heterocycles. The lowest BCUT2D eigenvalue weighted by molar-refractivity contribution is -0.125. The van der Waals surface area contributed by atoms with E-state index in [2.05, 4.69) is 22.6 Å². The first-order valence-corrected chi connectivity index (χ1v) is 5.49. The van der Waals surface area contributed by atoms with Crippen molar-refractivity contribution in [1.29, 1.82) is 0 Å². The number of rotatable bonds is 1. The van der Waals surface area contributed by atoms with E-state index in [0.29, 0.717) is 13.2 Å². The number of anilines is 1. The summed E-state index contributed by atoms with van der Waals surface area (Å²) in [4.78, 5) is 13.3. The largest absolute Gasteiger partial charge is 0.370 e. The summed E-state index contributed by atoms with van der Waals surface area (Å²) in [5.74, 6) is 0.0420. The highest BCUT2D eigenvalue weighted by Gasteiger charge is 2.21. The Balaban J connectivity index is 2.29. The van der Waals surface area contributed by atoms with Crippen LogP contribution in [0.3, 0.4) is 0 Å². The van der Waals surface area contributed by atoms with Crippen molar-refractivity contribution in [3.8, 4) is 0 Å². The average Bonchev–Trinajstić information content (AvgIpc) is 2.20. The van der Waals surface area contributed by atoms with E-state index in [1.807, 2.05) is 24.3 Å². The molecule has 1 heterocycles. The van der Waals surface area contributed by atoms with E-state index in [0.717, 1.165) is 9.26 Å². The second-order valence-corrected chi connectivity index (χ2v) is 4.21. The summed E-state index contributed by atoms with van der Waals surface area (Å²) in [7, 11) is 0. The zero-order valence-electron chi connectivity index (χ0n) is 7.57. The Morgan fingerprint density at radius 1 is 1.36 bits per heavy atom. The van der Waals surface area contributed by atoms with Crippen molar-refractivity contribution in [1.82, 2.24) is 0 Å². The lowest BCUT2D eigenvalue weighted by Gasteiger charge is -2.27. The maximum Gasteiger partial charge on any atom is 0.253 e. The number of benzene rings is 1. The molecule has 1 aliphatic heterocycles. The Bertz CT molecular complexity index is 354. The molecule has 0 N–H and O–H groups in total. The summed E-state index contributed by atoms with van der Waals surface area (Å²) in [6.07, 6.45) is 0. The molecule has 0 aliphatic carbocycles. The van der Waals surface area contributed by atoms with Crippen LogP contribution in [0.2, 0.25) is 0 Å². The average molecular weight is 303 g/mol. The Kier molecular flexibility index (Phi) is 3.02. The quantitative estimate of drug-likeness (QED) is 0.738. The number of ether oxygens (including phenoxy) is 1. The van der Waals surface area contributed by atoms with Gasteiger partial charge in [-0.05, 0) is 34.7 Å². The first-order chi connectivity index (χ1) is 6.79. The third kappa shape index (κ3) is 1.90. The molecule has 1 aromatic rings. The van der Waals surface area contributed by atoms with Crippen molar-refractivity contribution >= 4 is 34.2 Å². The molecule has 1 aliphatic rings. The van der Waals surface area contributed by atoms with Gasteiger partial charge in [0.15, 0.2) is 0 Å². The van der Waals surface area contributed by atoms with E-state index in [-0.39, 0.29) is 12.5 Å². The molecule has 1 aromatic carbocycles. The Morgan fingerprint density at radius 2 is 2.14 bits per heavy atom. The lowest BCUT2D eigenvalue weighted by Crippen LogP contribution is -2.42. The summed E-state index contributed by atoms with van der Waals surface area (Å²) in [5, 5.41) is 0. The number of nitrogens with zero attached hydrogens (tertiary/aromatic N) is 1. The van der Waals surface area contributed by atoms with Gasteiger partial charge in [0.2, 0.25) is 0 Å². The van der Waals surface area contributed by atoms with Gasteiger partial charge in [-0.25, -0.2) is 0 Å². The summed E-state index contributed by atoms with van der Waals surface area (Å²) >= 11 is 2.24. The monoisotopic (exact) mass is 303 g/mol. The van der Waals surface area contributed by atoms with Crippen molar-refractivity contribution in [2.75, 3.05) is 24.7 Å². The third-order valence-corrected chi connectivity index (χ3v) is 3.04. The maximum atomic E-state index is 11.5. The number of halogens is 1. The first-order valence-electron chi connectivity index (χ1n) is 4.41. The number of hydrogen-bond acceptors (Lipinski definition) is 2.